The van der Waals surface area contributed by atoms with Crippen LogP contribution in [0.1, 0.15) is 6.92 Å². The molecule has 21 heavy (non-hydrogen) atoms. The van der Waals surface area contributed by atoms with Gasteiger partial charge in [0.15, 0.2) is 6.61 Å². The van der Waals surface area contributed by atoms with E-state index in [0.717, 1.165) is 6.54 Å². The van der Waals surface area contributed by atoms with Crippen LogP contribution in [0.2, 0.25) is 15.1 Å². The Morgan fingerprint density at radius 3 is 2.48 bits per heavy atom. The SMILES string of the molecule is C[C@@H](CNC(=O)COc1cc(Cl)c(Cl)cc1Cl)C[NH+](C)C. The van der Waals surface area contributed by atoms with Crippen LogP contribution in [-0.2, 0) is 4.79 Å². The quantitative estimate of drug-likeness (QED) is 0.735. The van der Waals surface area contributed by atoms with E-state index in [1.807, 2.05) is 0 Å². The molecule has 0 aromatic heterocycles. The monoisotopic (exact) mass is 353 g/mol. The van der Waals surface area contributed by atoms with E-state index in [1.165, 1.54) is 17.0 Å². The number of carbonyl (C=O) groups excluding carboxylic acids is 1. The maximum atomic E-state index is 11.7. The Hall–Kier alpha value is -0.680. The molecule has 1 rings (SSSR count). The average Bonchev–Trinajstić information content (AvgIpc) is 2.38. The Balaban J connectivity index is 2.41. The van der Waals surface area contributed by atoms with Crippen LogP contribution in [-0.4, -0.2) is 39.7 Å². The summed E-state index contributed by atoms with van der Waals surface area (Å²) in [5, 5.41) is 3.82. The molecule has 0 unspecified atom stereocenters. The molecule has 0 aliphatic carbocycles. The maximum Gasteiger partial charge on any atom is 0.257 e. The van der Waals surface area contributed by atoms with Gasteiger partial charge in [-0.15, -0.1) is 0 Å². The minimum Gasteiger partial charge on any atom is -0.482 e. The third kappa shape index (κ3) is 6.74. The maximum absolute atomic E-state index is 11.7. The minimum atomic E-state index is -0.197. The van der Waals surface area contributed by atoms with Gasteiger partial charge in [0.1, 0.15) is 5.75 Å². The summed E-state index contributed by atoms with van der Waals surface area (Å²) in [5.74, 6) is 0.539. The summed E-state index contributed by atoms with van der Waals surface area (Å²) in [7, 11) is 4.15. The van der Waals surface area contributed by atoms with E-state index in [2.05, 4.69) is 26.3 Å². The van der Waals surface area contributed by atoms with Gasteiger partial charge in [-0.25, -0.2) is 0 Å². The average molecular weight is 355 g/mol. The molecule has 7 heteroatoms. The Morgan fingerprint density at radius 1 is 1.24 bits per heavy atom. The molecule has 0 radical (unpaired) electrons. The molecule has 0 spiro atoms. The van der Waals surface area contributed by atoms with Crippen LogP contribution in [0, 0.1) is 5.92 Å². The lowest BCUT2D eigenvalue weighted by Crippen LogP contribution is -3.06. The van der Waals surface area contributed by atoms with Crippen molar-refractivity contribution in [1.82, 2.24) is 5.32 Å². The predicted molar refractivity (Wildman–Crippen MR) is 86.8 cm³/mol. The Morgan fingerprint density at radius 2 is 1.86 bits per heavy atom. The molecule has 0 aliphatic heterocycles. The van der Waals surface area contributed by atoms with Crippen LogP contribution in [0.3, 0.4) is 0 Å². The fourth-order valence-electron chi connectivity index (χ4n) is 1.87. The molecule has 0 aliphatic rings. The highest BCUT2D eigenvalue weighted by molar-refractivity contribution is 6.43. The summed E-state index contributed by atoms with van der Waals surface area (Å²) in [4.78, 5) is 13.1. The highest BCUT2D eigenvalue weighted by Gasteiger charge is 2.11. The Bertz CT molecular complexity index is 495. The fourth-order valence-corrected chi connectivity index (χ4v) is 2.46. The lowest BCUT2D eigenvalue weighted by atomic mass is 10.2. The predicted octanol–water partition coefficient (Wildman–Crippen LogP) is 1.92. The zero-order valence-corrected chi connectivity index (χ0v) is 14.6. The number of nitrogens with one attached hydrogen (secondary N) is 2. The zero-order chi connectivity index (χ0) is 16.0. The van der Waals surface area contributed by atoms with Gasteiger partial charge in [-0.3, -0.25) is 4.79 Å². The first-order chi connectivity index (χ1) is 9.79. The van der Waals surface area contributed by atoms with Crippen LogP contribution in [0.15, 0.2) is 12.1 Å². The number of hydrogen-bond donors (Lipinski definition) is 2. The van der Waals surface area contributed by atoms with Crippen LogP contribution < -0.4 is 15.0 Å². The number of benzene rings is 1. The summed E-state index contributed by atoms with van der Waals surface area (Å²) >= 11 is 17.7. The van der Waals surface area contributed by atoms with E-state index in [-0.39, 0.29) is 12.5 Å². The number of amides is 1. The van der Waals surface area contributed by atoms with Gasteiger partial charge in [0.25, 0.3) is 5.91 Å². The summed E-state index contributed by atoms with van der Waals surface area (Å²) in [6.45, 7) is 3.57. The second-order valence-electron chi connectivity index (χ2n) is 5.31. The number of rotatable bonds is 7. The zero-order valence-electron chi connectivity index (χ0n) is 12.3. The minimum absolute atomic E-state index is 0.112. The molecule has 0 saturated heterocycles. The van der Waals surface area contributed by atoms with Crippen molar-refractivity contribution in [3.63, 3.8) is 0 Å². The topological polar surface area (TPSA) is 42.8 Å². The molecule has 0 saturated carbocycles. The molecule has 0 bridgehead atoms. The highest BCUT2D eigenvalue weighted by Crippen LogP contribution is 2.33. The van der Waals surface area contributed by atoms with E-state index in [9.17, 15) is 4.79 Å². The molecule has 1 atom stereocenters. The van der Waals surface area contributed by atoms with Crippen LogP contribution in [0.5, 0.6) is 5.75 Å². The van der Waals surface area contributed by atoms with Gasteiger partial charge in [-0.1, -0.05) is 41.7 Å². The molecule has 118 valence electrons. The standard InChI is InChI=1S/C14H19Cl3N2O2/c1-9(7-19(2)3)6-18-14(20)8-21-13-5-11(16)10(15)4-12(13)17/h4-5,9H,6-8H2,1-3H3,(H,18,20)/p+1/t9-/m0/s1. The second-order valence-corrected chi connectivity index (χ2v) is 6.53. The van der Waals surface area contributed by atoms with Gasteiger partial charge in [0.2, 0.25) is 0 Å². The number of ether oxygens (including phenoxy) is 1. The first kappa shape index (κ1) is 18.4. The molecular weight excluding hydrogens is 335 g/mol. The third-order valence-electron chi connectivity index (χ3n) is 2.74. The molecular formula is C14H20Cl3N2O2+. The summed E-state index contributed by atoms with van der Waals surface area (Å²) in [6.07, 6.45) is 0. The first-order valence-electron chi connectivity index (χ1n) is 6.62. The van der Waals surface area contributed by atoms with Crippen molar-refractivity contribution in [2.75, 3.05) is 33.8 Å². The van der Waals surface area contributed by atoms with Gasteiger partial charge in [-0.05, 0) is 6.07 Å². The van der Waals surface area contributed by atoms with Crippen molar-refractivity contribution in [3.8, 4) is 5.75 Å². The number of hydrogen-bond acceptors (Lipinski definition) is 2. The molecule has 4 nitrogen and oxygen atoms in total. The van der Waals surface area contributed by atoms with Crippen molar-refractivity contribution < 1.29 is 14.4 Å². The molecule has 1 aromatic carbocycles. The van der Waals surface area contributed by atoms with E-state index in [1.54, 1.807) is 0 Å². The molecule has 1 aromatic rings. The molecule has 0 heterocycles. The first-order valence-corrected chi connectivity index (χ1v) is 7.76. The number of halogens is 3. The normalized spacial score (nSPS) is 12.3. The smallest absolute Gasteiger partial charge is 0.257 e. The number of carbonyl (C=O) groups is 1. The Kier molecular flexibility index (Phi) is 7.60. The van der Waals surface area contributed by atoms with Gasteiger partial charge >= 0.3 is 0 Å². The van der Waals surface area contributed by atoms with Crippen molar-refractivity contribution >= 4 is 40.7 Å². The van der Waals surface area contributed by atoms with E-state index < -0.39 is 0 Å². The van der Waals surface area contributed by atoms with Crippen LogP contribution in [0.4, 0.5) is 0 Å². The summed E-state index contributed by atoms with van der Waals surface area (Å²) in [6, 6.07) is 2.98. The van der Waals surface area contributed by atoms with Gasteiger partial charge < -0.3 is 15.0 Å². The lowest BCUT2D eigenvalue weighted by Gasteiger charge is -2.15. The van der Waals surface area contributed by atoms with Crippen molar-refractivity contribution in [3.05, 3.63) is 27.2 Å². The molecule has 2 N–H and O–H groups in total. The molecule has 0 fully saturated rings. The van der Waals surface area contributed by atoms with E-state index >= 15 is 0 Å². The Labute approximate surface area is 140 Å². The lowest BCUT2D eigenvalue weighted by molar-refractivity contribution is -0.861. The highest BCUT2D eigenvalue weighted by atomic mass is 35.5. The van der Waals surface area contributed by atoms with Gasteiger partial charge in [0, 0.05) is 18.5 Å². The second kappa shape index (κ2) is 8.69. The van der Waals surface area contributed by atoms with E-state index in [0.29, 0.717) is 33.3 Å². The van der Waals surface area contributed by atoms with Gasteiger partial charge in [0.05, 0.1) is 35.7 Å². The summed E-state index contributed by atoms with van der Waals surface area (Å²) < 4.78 is 5.36. The third-order valence-corrected chi connectivity index (χ3v) is 3.76. The van der Waals surface area contributed by atoms with Crippen molar-refractivity contribution in [2.24, 2.45) is 5.92 Å². The van der Waals surface area contributed by atoms with Crippen LogP contribution in [0.25, 0.3) is 0 Å². The van der Waals surface area contributed by atoms with Gasteiger partial charge in [-0.2, -0.15) is 0 Å². The summed E-state index contributed by atoms with van der Waals surface area (Å²) in [5.41, 5.74) is 0. The van der Waals surface area contributed by atoms with Crippen molar-refractivity contribution in [2.45, 2.75) is 6.92 Å². The van der Waals surface area contributed by atoms with E-state index in [4.69, 9.17) is 39.5 Å². The molecule has 1 amide bonds. The van der Waals surface area contributed by atoms with Crippen LogP contribution >= 0.6 is 34.8 Å². The van der Waals surface area contributed by atoms with Crippen molar-refractivity contribution in [1.29, 1.82) is 0 Å². The largest absolute Gasteiger partial charge is 0.482 e. The number of quaternary nitrogens is 1. The fraction of sp³-hybridized carbons (Fsp3) is 0.500.